The van der Waals surface area contributed by atoms with E-state index >= 15 is 0 Å². The van der Waals surface area contributed by atoms with Gasteiger partial charge in [0.2, 0.25) is 5.91 Å². The fourth-order valence-corrected chi connectivity index (χ4v) is 2.86. The summed E-state index contributed by atoms with van der Waals surface area (Å²) < 4.78 is 48.7. The molecule has 0 atom stereocenters. The minimum atomic E-state index is -4.54. The Bertz CT molecular complexity index is 1170. The molecule has 2 amide bonds. The van der Waals surface area contributed by atoms with E-state index in [0.717, 1.165) is 18.2 Å². The largest absolute Gasteiger partial charge is 0.457 e. The van der Waals surface area contributed by atoms with E-state index in [-0.39, 0.29) is 18.5 Å². The third-order valence-electron chi connectivity index (χ3n) is 4.51. The normalized spacial score (nSPS) is 10.8. The van der Waals surface area contributed by atoms with E-state index in [4.69, 9.17) is 9.47 Å². The Morgan fingerprint density at radius 1 is 0.714 bits per heavy atom. The molecule has 0 bridgehead atoms. The number of carbonyl (C=O) groups excluding carboxylic acids is 3. The van der Waals surface area contributed by atoms with Crippen LogP contribution < -0.4 is 15.4 Å². The van der Waals surface area contributed by atoms with Gasteiger partial charge >= 0.3 is 12.1 Å². The molecule has 0 aliphatic rings. The molecule has 0 spiro atoms. The zero-order chi connectivity index (χ0) is 25.3. The van der Waals surface area contributed by atoms with Gasteiger partial charge in [-0.1, -0.05) is 24.3 Å². The molecule has 0 radical (unpaired) electrons. The molecule has 0 aromatic heterocycles. The highest BCUT2D eigenvalue weighted by Crippen LogP contribution is 2.30. The molecule has 0 unspecified atom stereocenters. The lowest BCUT2D eigenvalue weighted by molar-refractivity contribution is -0.147. The van der Waals surface area contributed by atoms with Crippen LogP contribution in [0.1, 0.15) is 18.4 Å². The van der Waals surface area contributed by atoms with Crippen molar-refractivity contribution in [3.63, 3.8) is 0 Å². The number of rotatable bonds is 9. The van der Waals surface area contributed by atoms with Crippen LogP contribution in [0.5, 0.6) is 11.5 Å². The molecule has 3 aromatic carbocycles. The molecule has 2 N–H and O–H groups in total. The maximum Gasteiger partial charge on any atom is 0.416 e. The van der Waals surface area contributed by atoms with Crippen LogP contribution in [-0.4, -0.2) is 24.4 Å². The number of benzene rings is 3. The van der Waals surface area contributed by atoms with Crippen molar-refractivity contribution in [2.24, 2.45) is 0 Å². The topological polar surface area (TPSA) is 93.7 Å². The van der Waals surface area contributed by atoms with Crippen molar-refractivity contribution in [2.45, 2.75) is 19.0 Å². The molecule has 0 aliphatic heterocycles. The summed E-state index contributed by atoms with van der Waals surface area (Å²) >= 11 is 0. The summed E-state index contributed by atoms with van der Waals surface area (Å²) in [5.74, 6) is -0.804. The summed E-state index contributed by atoms with van der Waals surface area (Å²) in [7, 11) is 0. The average Bonchev–Trinajstić information content (AvgIpc) is 2.83. The number of amides is 2. The van der Waals surface area contributed by atoms with Crippen LogP contribution in [0.25, 0.3) is 0 Å². The van der Waals surface area contributed by atoms with E-state index in [1.54, 1.807) is 36.4 Å². The number of alkyl halides is 3. The Hall–Kier alpha value is -4.34. The van der Waals surface area contributed by atoms with Crippen molar-refractivity contribution >= 4 is 29.2 Å². The number of carbonyl (C=O) groups is 3. The summed E-state index contributed by atoms with van der Waals surface area (Å²) in [6.07, 6.45) is -5.20. The van der Waals surface area contributed by atoms with E-state index < -0.39 is 36.1 Å². The quantitative estimate of drug-likeness (QED) is 0.395. The maximum absolute atomic E-state index is 12.7. The standard InChI is InChI=1S/C25H21F3N2O5/c26-25(27,28)17-5-4-6-19(15-17)30-22(31)13-14-24(33)34-16-23(32)29-18-9-11-21(12-10-18)35-20-7-2-1-3-8-20/h1-12,15H,13-14,16H2,(H,29,32)(H,30,31). The molecular weight excluding hydrogens is 465 g/mol. The van der Waals surface area contributed by atoms with Gasteiger partial charge < -0.3 is 20.1 Å². The molecule has 3 rings (SSSR count). The number of ether oxygens (including phenoxy) is 2. The molecule has 0 fully saturated rings. The van der Waals surface area contributed by atoms with Gasteiger partial charge in [-0.3, -0.25) is 14.4 Å². The lowest BCUT2D eigenvalue weighted by Gasteiger charge is -2.10. The lowest BCUT2D eigenvalue weighted by Crippen LogP contribution is -2.21. The van der Waals surface area contributed by atoms with Crippen molar-refractivity contribution in [1.82, 2.24) is 0 Å². The average molecular weight is 486 g/mol. The minimum absolute atomic E-state index is 0.0437. The Balaban J connectivity index is 1.37. The van der Waals surface area contributed by atoms with E-state index in [0.29, 0.717) is 17.2 Å². The van der Waals surface area contributed by atoms with Gasteiger partial charge in [0.25, 0.3) is 5.91 Å². The highest BCUT2D eigenvalue weighted by atomic mass is 19.4. The third kappa shape index (κ3) is 8.50. The van der Waals surface area contributed by atoms with Gasteiger partial charge in [0.15, 0.2) is 6.61 Å². The van der Waals surface area contributed by atoms with Crippen LogP contribution in [-0.2, 0) is 25.3 Å². The second kappa shape index (κ2) is 11.7. The molecule has 3 aromatic rings. The number of esters is 1. The second-order valence-electron chi connectivity index (χ2n) is 7.28. The number of halogens is 3. The van der Waals surface area contributed by atoms with Gasteiger partial charge in [0, 0.05) is 17.8 Å². The number of hydrogen-bond donors (Lipinski definition) is 2. The molecule has 0 heterocycles. The first-order valence-corrected chi connectivity index (χ1v) is 10.4. The van der Waals surface area contributed by atoms with E-state index in [2.05, 4.69) is 10.6 Å². The summed E-state index contributed by atoms with van der Waals surface area (Å²) in [5.41, 5.74) is -0.483. The van der Waals surface area contributed by atoms with Crippen LogP contribution in [0.15, 0.2) is 78.9 Å². The minimum Gasteiger partial charge on any atom is -0.457 e. The Kier molecular flexibility index (Phi) is 8.44. The third-order valence-corrected chi connectivity index (χ3v) is 4.51. The van der Waals surface area contributed by atoms with Crippen LogP contribution in [0.3, 0.4) is 0 Å². The highest BCUT2D eigenvalue weighted by molar-refractivity contribution is 5.94. The van der Waals surface area contributed by atoms with E-state index in [1.165, 1.54) is 6.07 Å². The van der Waals surface area contributed by atoms with Crippen LogP contribution in [0.2, 0.25) is 0 Å². The van der Waals surface area contributed by atoms with Crippen LogP contribution in [0, 0.1) is 0 Å². The molecule has 0 aliphatic carbocycles. The summed E-state index contributed by atoms with van der Waals surface area (Å²) in [6.45, 7) is -0.559. The van der Waals surface area contributed by atoms with Crippen molar-refractivity contribution < 1.29 is 37.0 Å². The van der Waals surface area contributed by atoms with E-state index in [9.17, 15) is 27.6 Å². The lowest BCUT2D eigenvalue weighted by atomic mass is 10.2. The van der Waals surface area contributed by atoms with Crippen molar-refractivity contribution in [3.8, 4) is 11.5 Å². The molecule has 0 saturated carbocycles. The number of para-hydroxylation sites is 1. The van der Waals surface area contributed by atoms with Crippen molar-refractivity contribution in [1.29, 1.82) is 0 Å². The van der Waals surface area contributed by atoms with Gasteiger partial charge in [0.05, 0.1) is 12.0 Å². The van der Waals surface area contributed by atoms with Gasteiger partial charge in [-0.05, 0) is 54.6 Å². The molecule has 7 nitrogen and oxygen atoms in total. The predicted molar refractivity (Wildman–Crippen MR) is 122 cm³/mol. The molecule has 182 valence electrons. The summed E-state index contributed by atoms with van der Waals surface area (Å²) in [6, 6.07) is 19.9. The van der Waals surface area contributed by atoms with Crippen molar-refractivity contribution in [3.05, 3.63) is 84.4 Å². The predicted octanol–water partition coefficient (Wildman–Crippen LogP) is 5.40. The van der Waals surface area contributed by atoms with E-state index in [1.807, 2.05) is 18.2 Å². The smallest absolute Gasteiger partial charge is 0.416 e. The fourth-order valence-electron chi connectivity index (χ4n) is 2.86. The number of anilines is 2. The first kappa shape index (κ1) is 25.3. The van der Waals surface area contributed by atoms with Gasteiger partial charge in [-0.25, -0.2) is 0 Å². The Labute approximate surface area is 198 Å². The molecule has 35 heavy (non-hydrogen) atoms. The zero-order valence-corrected chi connectivity index (χ0v) is 18.3. The van der Waals surface area contributed by atoms with Gasteiger partial charge in [-0.2, -0.15) is 13.2 Å². The number of hydrogen-bond acceptors (Lipinski definition) is 5. The van der Waals surface area contributed by atoms with Crippen LogP contribution >= 0.6 is 0 Å². The summed E-state index contributed by atoms with van der Waals surface area (Å²) in [4.78, 5) is 35.7. The fraction of sp³-hybridized carbons (Fsp3) is 0.160. The first-order chi connectivity index (χ1) is 16.7. The maximum atomic E-state index is 12.7. The molecular formula is C25H21F3N2O5. The van der Waals surface area contributed by atoms with Crippen molar-refractivity contribution in [2.75, 3.05) is 17.2 Å². The monoisotopic (exact) mass is 486 g/mol. The second-order valence-corrected chi connectivity index (χ2v) is 7.28. The number of nitrogens with one attached hydrogen (secondary N) is 2. The highest BCUT2D eigenvalue weighted by Gasteiger charge is 2.30. The molecule has 10 heteroatoms. The van der Waals surface area contributed by atoms with Gasteiger partial charge in [0.1, 0.15) is 11.5 Å². The first-order valence-electron chi connectivity index (χ1n) is 10.4. The van der Waals surface area contributed by atoms with Crippen LogP contribution in [0.4, 0.5) is 24.5 Å². The SMILES string of the molecule is O=C(CCC(=O)OCC(=O)Nc1ccc(Oc2ccccc2)cc1)Nc1cccc(C(F)(F)F)c1. The zero-order valence-electron chi connectivity index (χ0n) is 18.3. The summed E-state index contributed by atoms with van der Waals surface area (Å²) in [5, 5.41) is 4.85. The van der Waals surface area contributed by atoms with Gasteiger partial charge in [-0.15, -0.1) is 0 Å². The Morgan fingerprint density at radius 3 is 2.06 bits per heavy atom. The molecule has 0 saturated heterocycles. The Morgan fingerprint density at radius 2 is 1.37 bits per heavy atom.